The highest BCUT2D eigenvalue weighted by Crippen LogP contribution is 2.31. The van der Waals surface area contributed by atoms with E-state index in [4.69, 9.17) is 11.6 Å². The summed E-state index contributed by atoms with van der Waals surface area (Å²) in [6.07, 6.45) is 1.48. The van der Waals surface area contributed by atoms with Crippen molar-refractivity contribution in [1.82, 2.24) is 14.5 Å². The number of aromatic nitrogens is 2. The number of halogens is 1. The number of hydrogen-bond donors (Lipinski definition) is 1. The fourth-order valence-corrected chi connectivity index (χ4v) is 4.34. The van der Waals surface area contributed by atoms with E-state index < -0.39 is 0 Å². The molecule has 1 aliphatic rings. The van der Waals surface area contributed by atoms with Crippen LogP contribution < -0.4 is 10.5 Å². The summed E-state index contributed by atoms with van der Waals surface area (Å²) in [5.74, 6) is -0.0333. The van der Waals surface area contributed by atoms with Crippen LogP contribution in [0.1, 0.15) is 0 Å². The minimum absolute atomic E-state index is 0.0245. The molecule has 1 saturated heterocycles. The quantitative estimate of drug-likeness (QED) is 0.713. The Balaban J connectivity index is 1.65. The highest BCUT2D eigenvalue weighted by Gasteiger charge is 2.22. The minimum atomic E-state index is -0.181. The van der Waals surface area contributed by atoms with Crippen molar-refractivity contribution in [3.63, 3.8) is 0 Å². The number of thiophene rings is 1. The van der Waals surface area contributed by atoms with Gasteiger partial charge in [-0.25, -0.2) is 4.98 Å². The first-order valence-corrected chi connectivity index (χ1v) is 10.1. The molecule has 0 bridgehead atoms. The number of benzene rings is 1. The van der Waals surface area contributed by atoms with Gasteiger partial charge in [-0.1, -0.05) is 23.7 Å². The molecule has 0 aliphatic carbocycles. The Morgan fingerprint density at radius 2 is 1.96 bits per heavy atom. The Labute approximate surface area is 165 Å². The number of carbonyl (C=O) groups excluding carboxylic acids is 1. The predicted molar refractivity (Wildman–Crippen MR) is 108 cm³/mol. The number of hydrogen-bond acceptors (Lipinski definition) is 4. The second kappa shape index (κ2) is 7.42. The van der Waals surface area contributed by atoms with Gasteiger partial charge in [0.2, 0.25) is 5.91 Å². The lowest BCUT2D eigenvalue weighted by atomic mass is 10.1. The molecular weight excluding hydrogens is 384 g/mol. The number of carbonyl (C=O) groups is 1. The summed E-state index contributed by atoms with van der Waals surface area (Å²) in [4.78, 5) is 34.0. The molecule has 0 unspecified atom stereocenters. The number of rotatable bonds is 3. The van der Waals surface area contributed by atoms with Gasteiger partial charge in [0.25, 0.3) is 5.56 Å². The molecule has 1 fully saturated rings. The lowest BCUT2D eigenvalue weighted by Crippen LogP contribution is -3.12. The van der Waals surface area contributed by atoms with E-state index in [0.29, 0.717) is 15.2 Å². The molecular formula is C19H20ClN4O2S+. The van der Waals surface area contributed by atoms with E-state index >= 15 is 0 Å². The number of likely N-dealkylation sites (N-methyl/N-ethyl adjacent to an activating group) is 1. The average molecular weight is 404 g/mol. The summed E-state index contributed by atoms with van der Waals surface area (Å²) in [7, 11) is 2.12. The van der Waals surface area contributed by atoms with Gasteiger partial charge in [0, 0.05) is 16.0 Å². The molecule has 1 N–H and O–H groups in total. The maximum atomic E-state index is 13.0. The van der Waals surface area contributed by atoms with Crippen LogP contribution in [0, 0.1) is 0 Å². The largest absolute Gasteiger partial charge is 0.334 e. The van der Waals surface area contributed by atoms with E-state index in [1.54, 1.807) is 12.1 Å². The first kappa shape index (κ1) is 18.2. The second-order valence-electron chi connectivity index (χ2n) is 6.85. The number of quaternary nitrogens is 1. The molecule has 0 saturated carbocycles. The van der Waals surface area contributed by atoms with Gasteiger partial charge in [-0.2, -0.15) is 0 Å². The highest BCUT2D eigenvalue weighted by atomic mass is 35.5. The molecule has 2 aromatic heterocycles. The Bertz CT molecular complexity index is 1040. The zero-order valence-corrected chi connectivity index (χ0v) is 16.5. The van der Waals surface area contributed by atoms with E-state index in [9.17, 15) is 9.59 Å². The van der Waals surface area contributed by atoms with Crippen LogP contribution in [0.25, 0.3) is 21.3 Å². The summed E-state index contributed by atoms with van der Waals surface area (Å²) >= 11 is 7.40. The van der Waals surface area contributed by atoms with Crippen molar-refractivity contribution < 1.29 is 9.69 Å². The molecule has 4 rings (SSSR count). The lowest BCUT2D eigenvalue weighted by molar-refractivity contribution is -0.883. The van der Waals surface area contributed by atoms with Gasteiger partial charge in [0.1, 0.15) is 11.4 Å². The van der Waals surface area contributed by atoms with E-state index in [1.807, 2.05) is 22.4 Å². The third-order valence-electron chi connectivity index (χ3n) is 4.99. The van der Waals surface area contributed by atoms with Crippen LogP contribution >= 0.6 is 22.9 Å². The number of nitrogens with zero attached hydrogens (tertiary/aromatic N) is 3. The van der Waals surface area contributed by atoms with Gasteiger partial charge < -0.3 is 9.80 Å². The number of fused-ring (bicyclic) bond motifs is 1. The Morgan fingerprint density at radius 3 is 2.67 bits per heavy atom. The van der Waals surface area contributed by atoms with Crippen molar-refractivity contribution in [1.29, 1.82) is 0 Å². The summed E-state index contributed by atoms with van der Waals surface area (Å²) in [6, 6.07) is 7.37. The molecule has 27 heavy (non-hydrogen) atoms. The first-order chi connectivity index (χ1) is 13.0. The minimum Gasteiger partial charge on any atom is -0.334 e. The van der Waals surface area contributed by atoms with E-state index in [0.717, 1.165) is 37.3 Å². The van der Waals surface area contributed by atoms with Crippen LogP contribution in [0.4, 0.5) is 0 Å². The molecule has 0 atom stereocenters. The summed E-state index contributed by atoms with van der Waals surface area (Å²) in [5, 5.41) is 3.13. The summed E-state index contributed by atoms with van der Waals surface area (Å²) < 4.78 is 1.42. The maximum absolute atomic E-state index is 13.0. The fourth-order valence-electron chi connectivity index (χ4n) is 3.31. The zero-order chi connectivity index (χ0) is 19.0. The van der Waals surface area contributed by atoms with E-state index in [1.165, 1.54) is 27.1 Å². The van der Waals surface area contributed by atoms with Crippen LogP contribution in [-0.4, -0.2) is 53.6 Å². The van der Waals surface area contributed by atoms with Crippen molar-refractivity contribution in [3.8, 4) is 11.1 Å². The number of amides is 1. The summed E-state index contributed by atoms with van der Waals surface area (Å²) in [6.45, 7) is 3.34. The highest BCUT2D eigenvalue weighted by molar-refractivity contribution is 7.17. The molecule has 1 aliphatic heterocycles. The van der Waals surface area contributed by atoms with Gasteiger partial charge in [-0.3, -0.25) is 14.2 Å². The molecule has 1 amide bonds. The third-order valence-corrected chi connectivity index (χ3v) is 6.13. The number of nitrogens with one attached hydrogen (secondary N) is 1. The predicted octanol–water partition coefficient (Wildman–Crippen LogP) is 1.14. The number of piperazine rings is 1. The lowest BCUT2D eigenvalue weighted by Gasteiger charge is -2.30. The second-order valence-corrected chi connectivity index (χ2v) is 8.15. The molecule has 8 heteroatoms. The first-order valence-electron chi connectivity index (χ1n) is 8.84. The smallest absolute Gasteiger partial charge is 0.263 e. The Kier molecular flexibility index (Phi) is 4.99. The maximum Gasteiger partial charge on any atom is 0.263 e. The zero-order valence-electron chi connectivity index (χ0n) is 14.9. The molecule has 3 aromatic rings. The van der Waals surface area contributed by atoms with Crippen molar-refractivity contribution in [3.05, 3.63) is 51.3 Å². The molecule has 1 aromatic carbocycles. The van der Waals surface area contributed by atoms with E-state index in [-0.39, 0.29) is 18.0 Å². The van der Waals surface area contributed by atoms with Crippen molar-refractivity contribution in [2.75, 3.05) is 33.2 Å². The van der Waals surface area contributed by atoms with Crippen molar-refractivity contribution >= 4 is 39.1 Å². The molecule has 0 spiro atoms. The normalized spacial score (nSPS) is 15.4. The van der Waals surface area contributed by atoms with Crippen molar-refractivity contribution in [2.24, 2.45) is 0 Å². The summed E-state index contributed by atoms with van der Waals surface area (Å²) in [5.41, 5.74) is 1.56. The van der Waals surface area contributed by atoms with Gasteiger partial charge in [0.05, 0.1) is 44.9 Å². The average Bonchev–Trinajstić information content (AvgIpc) is 3.10. The standard InChI is InChI=1S/C19H19ClN4O2S/c1-22-6-8-23(9-7-22)16(25)10-24-12-21-18-17(19(24)26)15(11-27-18)13-2-4-14(20)5-3-13/h2-5,11-12H,6-10H2,1H3/p+1. The van der Waals surface area contributed by atoms with Gasteiger partial charge in [-0.05, 0) is 17.7 Å². The molecule has 0 radical (unpaired) electrons. The van der Waals surface area contributed by atoms with Gasteiger partial charge in [0.15, 0.2) is 0 Å². The van der Waals surface area contributed by atoms with Crippen molar-refractivity contribution in [2.45, 2.75) is 6.54 Å². The van der Waals surface area contributed by atoms with Crippen LogP contribution in [0.3, 0.4) is 0 Å². The monoisotopic (exact) mass is 403 g/mol. The van der Waals surface area contributed by atoms with Gasteiger partial charge >= 0.3 is 0 Å². The topological polar surface area (TPSA) is 59.6 Å². The van der Waals surface area contributed by atoms with Gasteiger partial charge in [-0.15, -0.1) is 11.3 Å². The Morgan fingerprint density at radius 1 is 1.26 bits per heavy atom. The van der Waals surface area contributed by atoms with Crippen LogP contribution in [0.2, 0.25) is 5.02 Å². The Hall–Kier alpha value is -2.22. The van der Waals surface area contributed by atoms with Crippen LogP contribution in [0.5, 0.6) is 0 Å². The molecule has 3 heterocycles. The van der Waals surface area contributed by atoms with Crippen LogP contribution in [0.15, 0.2) is 40.8 Å². The molecule has 140 valence electrons. The SMILES string of the molecule is C[NH+]1CCN(C(=O)Cn2cnc3scc(-c4ccc(Cl)cc4)c3c2=O)CC1. The third kappa shape index (κ3) is 3.63. The fraction of sp³-hybridized carbons (Fsp3) is 0.316. The molecule has 6 nitrogen and oxygen atoms in total. The van der Waals surface area contributed by atoms with E-state index in [2.05, 4.69) is 12.0 Å². The van der Waals surface area contributed by atoms with Crippen LogP contribution in [-0.2, 0) is 11.3 Å².